The third-order valence-corrected chi connectivity index (χ3v) is 1.54. The first-order chi connectivity index (χ1) is 6.24. The number of ether oxygens (including phenoxy) is 1. The molecule has 0 atom stereocenters. The summed E-state index contributed by atoms with van der Waals surface area (Å²) in [5, 5.41) is 8.96. The van der Waals surface area contributed by atoms with E-state index in [1.54, 1.807) is 0 Å². The second-order valence-corrected chi connectivity index (χ2v) is 2.68. The zero-order chi connectivity index (χ0) is 9.68. The Labute approximate surface area is 126 Å². The first-order valence-corrected chi connectivity index (χ1v) is 4.20. The number of esters is 1. The fourth-order valence-electron chi connectivity index (χ4n) is 0.876. The van der Waals surface area contributed by atoms with E-state index < -0.39 is 0 Å². The molecule has 0 saturated heterocycles. The molecule has 0 fully saturated rings. The van der Waals surface area contributed by atoms with Crippen LogP contribution in [0.5, 0.6) is 5.75 Å². The number of carbonyl (C=O) groups excluding carboxylic acids is 1. The quantitative estimate of drug-likeness (QED) is 0.617. The Morgan fingerprint density at radius 3 is 2.43 bits per heavy atom. The average Bonchev–Trinajstić information content (AvgIpc) is 2.15. The summed E-state index contributed by atoms with van der Waals surface area (Å²) in [6, 6.07) is 5.99. The van der Waals surface area contributed by atoms with E-state index in [2.05, 4.69) is 0 Å². The number of phenolic OH excluding ortho intramolecular Hbond substituents is 1. The van der Waals surface area contributed by atoms with Crippen molar-refractivity contribution in [1.82, 2.24) is 0 Å². The van der Waals surface area contributed by atoms with Gasteiger partial charge in [-0.1, -0.05) is 6.92 Å². The van der Waals surface area contributed by atoms with E-state index in [9.17, 15) is 4.79 Å². The molecule has 0 aliphatic heterocycles. The molecular formula is C10H13KO3. The monoisotopic (exact) mass is 220 g/mol. The molecule has 3 nitrogen and oxygen atoms in total. The average molecular weight is 220 g/mol. The van der Waals surface area contributed by atoms with Crippen molar-refractivity contribution in [1.29, 1.82) is 0 Å². The number of aromatic hydroxyl groups is 1. The molecule has 1 aromatic carbocycles. The van der Waals surface area contributed by atoms with Crippen LogP contribution in [0.2, 0.25) is 0 Å². The third kappa shape index (κ3) is 4.57. The molecular weight excluding hydrogens is 207 g/mol. The molecule has 14 heavy (non-hydrogen) atoms. The number of carbonyl (C=O) groups is 1. The van der Waals surface area contributed by atoms with E-state index in [4.69, 9.17) is 9.84 Å². The molecule has 0 aromatic heterocycles. The Morgan fingerprint density at radius 2 is 1.93 bits per heavy atom. The predicted molar refractivity (Wildman–Crippen MR) is 55.8 cm³/mol. The first-order valence-electron chi connectivity index (χ1n) is 4.20. The van der Waals surface area contributed by atoms with Crippen LogP contribution in [-0.2, 0) is 4.74 Å². The molecule has 0 amide bonds. The summed E-state index contributed by atoms with van der Waals surface area (Å²) in [7, 11) is 0. The molecule has 0 bridgehead atoms. The second kappa shape index (κ2) is 7.42. The van der Waals surface area contributed by atoms with E-state index in [1.807, 2.05) is 6.92 Å². The van der Waals surface area contributed by atoms with Gasteiger partial charge in [0.25, 0.3) is 0 Å². The molecule has 4 heteroatoms. The number of rotatable bonds is 3. The van der Waals surface area contributed by atoms with E-state index in [-0.39, 0.29) is 63.1 Å². The number of benzene rings is 1. The van der Waals surface area contributed by atoms with E-state index >= 15 is 0 Å². The van der Waals surface area contributed by atoms with Crippen LogP contribution in [0.3, 0.4) is 0 Å². The summed E-state index contributed by atoms with van der Waals surface area (Å²) in [4.78, 5) is 11.2. The molecule has 1 aromatic rings. The van der Waals surface area contributed by atoms with Crippen molar-refractivity contribution in [3.63, 3.8) is 0 Å². The van der Waals surface area contributed by atoms with Crippen LogP contribution in [0.15, 0.2) is 24.3 Å². The van der Waals surface area contributed by atoms with Crippen LogP contribution < -0.4 is 0 Å². The predicted octanol–water partition coefficient (Wildman–Crippen LogP) is 1.31. The van der Waals surface area contributed by atoms with Crippen molar-refractivity contribution in [2.75, 3.05) is 6.61 Å². The van der Waals surface area contributed by atoms with Gasteiger partial charge in [0.2, 0.25) is 0 Å². The van der Waals surface area contributed by atoms with Crippen LogP contribution in [0.4, 0.5) is 0 Å². The van der Waals surface area contributed by atoms with Gasteiger partial charge in [-0.3, -0.25) is 0 Å². The fourth-order valence-corrected chi connectivity index (χ4v) is 0.876. The molecule has 1 N–H and O–H groups in total. The van der Waals surface area contributed by atoms with Gasteiger partial charge in [0.05, 0.1) is 12.2 Å². The fraction of sp³-hybridized carbons (Fsp3) is 0.300. The zero-order valence-corrected chi connectivity index (χ0v) is 7.49. The van der Waals surface area contributed by atoms with Crippen molar-refractivity contribution in [3.05, 3.63) is 29.8 Å². The number of hydrogen-bond acceptors (Lipinski definition) is 3. The molecule has 1 rings (SSSR count). The van der Waals surface area contributed by atoms with Gasteiger partial charge >= 0.3 is 57.4 Å². The van der Waals surface area contributed by atoms with Crippen molar-refractivity contribution < 1.29 is 14.6 Å². The molecule has 0 spiro atoms. The first kappa shape index (κ1) is 14.1. The van der Waals surface area contributed by atoms with Gasteiger partial charge in [-0.05, 0) is 30.7 Å². The topological polar surface area (TPSA) is 46.5 Å². The van der Waals surface area contributed by atoms with Gasteiger partial charge in [-0.2, -0.15) is 0 Å². The van der Waals surface area contributed by atoms with E-state index in [0.717, 1.165) is 6.42 Å². The number of phenols is 1. The standard InChI is InChI=1S/C10H12O3.K.H/c1-2-7-13-10(12)8-3-5-9(11)6-4-8;;/h3-6,11H,2,7H2,1H3;;. The number of hydrogen-bond donors (Lipinski definition) is 1. The molecule has 0 heterocycles. The molecule has 0 radical (unpaired) electrons. The maximum absolute atomic E-state index is 11.2. The van der Waals surface area contributed by atoms with Gasteiger partial charge in [-0.25, -0.2) is 4.79 Å². The Morgan fingerprint density at radius 1 is 1.36 bits per heavy atom. The Kier molecular flexibility index (Phi) is 7.49. The van der Waals surface area contributed by atoms with Crippen molar-refractivity contribution in [2.24, 2.45) is 0 Å². The van der Waals surface area contributed by atoms with Gasteiger partial charge < -0.3 is 9.84 Å². The van der Waals surface area contributed by atoms with Gasteiger partial charge in [0, 0.05) is 0 Å². The van der Waals surface area contributed by atoms with Crippen LogP contribution in [-0.4, -0.2) is 69.1 Å². The molecule has 0 aliphatic rings. The van der Waals surface area contributed by atoms with Crippen LogP contribution in [0, 0.1) is 0 Å². The molecule has 0 saturated carbocycles. The van der Waals surface area contributed by atoms with Crippen molar-refractivity contribution in [3.8, 4) is 5.75 Å². The van der Waals surface area contributed by atoms with E-state index in [0.29, 0.717) is 12.2 Å². The minimum absolute atomic E-state index is 0. The molecule has 0 unspecified atom stereocenters. The van der Waals surface area contributed by atoms with Gasteiger partial charge in [-0.15, -0.1) is 0 Å². The van der Waals surface area contributed by atoms with Crippen LogP contribution >= 0.6 is 0 Å². The Hall–Kier alpha value is 0.126. The Balaban J connectivity index is 0.00000169. The molecule has 72 valence electrons. The van der Waals surface area contributed by atoms with Crippen molar-refractivity contribution >= 4 is 57.4 Å². The van der Waals surface area contributed by atoms with Crippen molar-refractivity contribution in [2.45, 2.75) is 13.3 Å². The summed E-state index contributed by atoms with van der Waals surface area (Å²) in [5.41, 5.74) is 0.464. The second-order valence-electron chi connectivity index (χ2n) is 2.68. The normalized spacial score (nSPS) is 8.93. The van der Waals surface area contributed by atoms with Gasteiger partial charge in [0.1, 0.15) is 5.75 Å². The summed E-state index contributed by atoms with van der Waals surface area (Å²) in [6.07, 6.45) is 0.809. The summed E-state index contributed by atoms with van der Waals surface area (Å²) in [5.74, 6) is -0.200. The third-order valence-electron chi connectivity index (χ3n) is 1.54. The SMILES string of the molecule is CCCOC(=O)c1ccc(O)cc1.[KH]. The van der Waals surface area contributed by atoms with Crippen LogP contribution in [0.25, 0.3) is 0 Å². The summed E-state index contributed by atoms with van der Waals surface area (Å²) >= 11 is 0. The van der Waals surface area contributed by atoms with E-state index in [1.165, 1.54) is 24.3 Å². The van der Waals surface area contributed by atoms with Gasteiger partial charge in [0.15, 0.2) is 0 Å². The van der Waals surface area contributed by atoms with Crippen LogP contribution in [0.1, 0.15) is 23.7 Å². The summed E-state index contributed by atoms with van der Waals surface area (Å²) in [6.45, 7) is 2.36. The maximum atomic E-state index is 11.2. The molecule has 0 aliphatic carbocycles. The minimum atomic E-state index is -0.346. The Bertz CT molecular complexity index is 282. The summed E-state index contributed by atoms with van der Waals surface area (Å²) < 4.78 is 4.90. The zero-order valence-electron chi connectivity index (χ0n) is 7.49.